The third-order valence-electron chi connectivity index (χ3n) is 3.87. The van der Waals surface area contributed by atoms with Crippen LogP contribution in [-0.4, -0.2) is 47.5 Å². The molecule has 1 aromatic carbocycles. The van der Waals surface area contributed by atoms with Gasteiger partial charge in [-0.25, -0.2) is 0 Å². The van der Waals surface area contributed by atoms with Gasteiger partial charge in [0.25, 0.3) is 0 Å². The summed E-state index contributed by atoms with van der Waals surface area (Å²) in [5.41, 5.74) is 2.39. The summed E-state index contributed by atoms with van der Waals surface area (Å²) >= 11 is 0. The number of piperazine rings is 1. The number of rotatable bonds is 3. The molecule has 2 heterocycles. The molecule has 0 atom stereocenters. The van der Waals surface area contributed by atoms with Crippen LogP contribution in [0.2, 0.25) is 0 Å². The lowest BCUT2D eigenvalue weighted by molar-refractivity contribution is 0.138. The van der Waals surface area contributed by atoms with Crippen molar-refractivity contribution in [3.05, 3.63) is 42.1 Å². The summed E-state index contributed by atoms with van der Waals surface area (Å²) in [5, 5.41) is 9.93. The molecule has 4 heteroatoms. The normalized spacial score (nSPS) is 17.1. The van der Waals surface area contributed by atoms with Crippen LogP contribution in [0, 0.1) is 11.3 Å². The maximum atomic E-state index is 8.72. The fourth-order valence-electron chi connectivity index (χ4n) is 2.74. The summed E-state index contributed by atoms with van der Waals surface area (Å²) in [6.07, 6.45) is 1.86. The van der Waals surface area contributed by atoms with Crippen LogP contribution in [0.5, 0.6) is 0 Å². The van der Waals surface area contributed by atoms with Crippen molar-refractivity contribution in [2.45, 2.75) is 6.54 Å². The first-order valence-electron chi connectivity index (χ1n) is 7.01. The summed E-state index contributed by atoms with van der Waals surface area (Å²) in [6, 6.07) is 12.7. The number of benzene rings is 1. The van der Waals surface area contributed by atoms with Gasteiger partial charge in [0.2, 0.25) is 0 Å². The molecule has 0 saturated carbocycles. The second-order valence-corrected chi connectivity index (χ2v) is 5.20. The highest BCUT2D eigenvalue weighted by atomic mass is 15.3. The Morgan fingerprint density at radius 3 is 2.60 bits per heavy atom. The first kappa shape index (κ1) is 13.0. The predicted octanol–water partition coefficient (Wildman–Crippen LogP) is 1.88. The number of hydrogen-bond donors (Lipinski definition) is 0. The summed E-state index contributed by atoms with van der Waals surface area (Å²) in [5.74, 6) is 0. The Kier molecular flexibility index (Phi) is 3.91. The zero-order valence-electron chi connectivity index (χ0n) is 11.5. The Labute approximate surface area is 119 Å². The molecule has 1 aromatic heterocycles. The van der Waals surface area contributed by atoms with E-state index in [0.717, 1.165) is 38.2 Å². The monoisotopic (exact) mass is 266 g/mol. The Hall–Kier alpha value is -1.96. The van der Waals surface area contributed by atoms with Gasteiger partial charge in [-0.05, 0) is 11.6 Å². The van der Waals surface area contributed by atoms with Crippen molar-refractivity contribution in [2.24, 2.45) is 0 Å². The number of nitriles is 1. The molecule has 0 N–H and O–H groups in total. The van der Waals surface area contributed by atoms with E-state index in [0.29, 0.717) is 6.54 Å². The predicted molar refractivity (Wildman–Crippen MR) is 79.1 cm³/mol. The highest BCUT2D eigenvalue weighted by Gasteiger charge is 2.17. The van der Waals surface area contributed by atoms with Crippen LogP contribution in [-0.2, 0) is 6.54 Å². The molecule has 0 unspecified atom stereocenters. The first-order valence-corrected chi connectivity index (χ1v) is 7.01. The number of para-hydroxylation sites is 1. The minimum absolute atomic E-state index is 0.545. The quantitative estimate of drug-likeness (QED) is 0.796. The molecule has 1 aliphatic rings. The summed E-state index contributed by atoms with van der Waals surface area (Å²) < 4.78 is 0. The van der Waals surface area contributed by atoms with Crippen LogP contribution in [0.4, 0.5) is 0 Å². The largest absolute Gasteiger partial charge is 0.296 e. The Balaban J connectivity index is 1.70. The van der Waals surface area contributed by atoms with E-state index in [1.54, 1.807) is 0 Å². The van der Waals surface area contributed by atoms with Crippen molar-refractivity contribution in [1.82, 2.24) is 14.8 Å². The van der Waals surface area contributed by atoms with E-state index >= 15 is 0 Å². The van der Waals surface area contributed by atoms with Gasteiger partial charge < -0.3 is 0 Å². The van der Waals surface area contributed by atoms with E-state index in [9.17, 15) is 0 Å². The highest BCUT2D eigenvalue weighted by molar-refractivity contribution is 5.81. The summed E-state index contributed by atoms with van der Waals surface area (Å²) in [4.78, 5) is 9.16. The van der Waals surface area contributed by atoms with Crippen molar-refractivity contribution in [1.29, 1.82) is 5.26 Å². The third kappa shape index (κ3) is 2.79. The highest BCUT2D eigenvalue weighted by Crippen LogP contribution is 2.18. The van der Waals surface area contributed by atoms with Crippen LogP contribution in [0.1, 0.15) is 5.56 Å². The van der Waals surface area contributed by atoms with Crippen LogP contribution in [0.25, 0.3) is 10.9 Å². The van der Waals surface area contributed by atoms with Crippen molar-refractivity contribution >= 4 is 10.9 Å². The topological polar surface area (TPSA) is 43.2 Å². The number of aromatic nitrogens is 1. The maximum absolute atomic E-state index is 8.72. The van der Waals surface area contributed by atoms with Gasteiger partial charge in [-0.1, -0.05) is 24.3 Å². The van der Waals surface area contributed by atoms with Gasteiger partial charge in [0, 0.05) is 44.3 Å². The second kappa shape index (κ2) is 6.00. The minimum Gasteiger partial charge on any atom is -0.296 e. The second-order valence-electron chi connectivity index (χ2n) is 5.20. The van der Waals surface area contributed by atoms with Crippen molar-refractivity contribution in [3.8, 4) is 6.07 Å². The van der Waals surface area contributed by atoms with E-state index in [-0.39, 0.29) is 0 Å². The van der Waals surface area contributed by atoms with Crippen molar-refractivity contribution in [3.63, 3.8) is 0 Å². The Bertz CT molecular complexity index is 618. The van der Waals surface area contributed by atoms with Gasteiger partial charge >= 0.3 is 0 Å². The van der Waals surface area contributed by atoms with Gasteiger partial charge in [0.1, 0.15) is 0 Å². The summed E-state index contributed by atoms with van der Waals surface area (Å²) in [6.45, 7) is 5.48. The number of fused-ring (bicyclic) bond motifs is 1. The average molecular weight is 266 g/mol. The molecule has 1 aliphatic heterocycles. The molecule has 0 bridgehead atoms. The lowest BCUT2D eigenvalue weighted by Crippen LogP contribution is -2.45. The molecule has 0 spiro atoms. The van der Waals surface area contributed by atoms with Gasteiger partial charge in [-0.15, -0.1) is 0 Å². The van der Waals surface area contributed by atoms with Gasteiger partial charge in [-0.2, -0.15) is 5.26 Å². The first-order chi connectivity index (χ1) is 9.86. The molecular weight excluding hydrogens is 248 g/mol. The van der Waals surface area contributed by atoms with Gasteiger partial charge in [0.05, 0.1) is 18.1 Å². The SMILES string of the molecule is N#CCN1CCN(Cc2cccc3cccnc23)CC1. The van der Waals surface area contributed by atoms with E-state index in [1.165, 1.54) is 10.9 Å². The standard InChI is InChI=1S/C16H18N4/c17-6-8-19-9-11-20(12-10-19)13-15-4-1-3-14-5-2-7-18-16(14)15/h1-5,7H,8-13H2. The van der Waals surface area contributed by atoms with Crippen molar-refractivity contribution < 1.29 is 0 Å². The van der Waals surface area contributed by atoms with E-state index in [1.807, 2.05) is 12.3 Å². The molecule has 0 aliphatic carbocycles. The number of hydrogen-bond acceptors (Lipinski definition) is 4. The maximum Gasteiger partial charge on any atom is 0.0866 e. The van der Waals surface area contributed by atoms with Gasteiger partial charge in [0.15, 0.2) is 0 Å². The fourth-order valence-corrected chi connectivity index (χ4v) is 2.74. The van der Waals surface area contributed by atoms with E-state index in [4.69, 9.17) is 5.26 Å². The molecule has 2 aromatic rings. The van der Waals surface area contributed by atoms with Crippen molar-refractivity contribution in [2.75, 3.05) is 32.7 Å². The van der Waals surface area contributed by atoms with Crippen LogP contribution >= 0.6 is 0 Å². The molecule has 102 valence electrons. The van der Waals surface area contributed by atoms with Crippen LogP contribution in [0.3, 0.4) is 0 Å². The van der Waals surface area contributed by atoms with E-state index < -0.39 is 0 Å². The Morgan fingerprint density at radius 2 is 1.80 bits per heavy atom. The molecule has 0 amide bonds. The molecule has 0 radical (unpaired) electrons. The van der Waals surface area contributed by atoms with Gasteiger partial charge in [-0.3, -0.25) is 14.8 Å². The third-order valence-corrected chi connectivity index (χ3v) is 3.87. The number of nitrogens with zero attached hydrogens (tertiary/aromatic N) is 4. The molecule has 1 fully saturated rings. The molecule has 20 heavy (non-hydrogen) atoms. The molecule has 4 nitrogen and oxygen atoms in total. The fraction of sp³-hybridized carbons (Fsp3) is 0.375. The zero-order chi connectivity index (χ0) is 13.8. The van der Waals surface area contributed by atoms with Crippen LogP contribution in [0.15, 0.2) is 36.5 Å². The van der Waals surface area contributed by atoms with Crippen LogP contribution < -0.4 is 0 Å². The van der Waals surface area contributed by atoms with E-state index in [2.05, 4.69) is 45.1 Å². The average Bonchev–Trinajstić information content (AvgIpc) is 2.50. The number of pyridine rings is 1. The molecular formula is C16H18N4. The minimum atomic E-state index is 0.545. The lowest BCUT2D eigenvalue weighted by atomic mass is 10.1. The summed E-state index contributed by atoms with van der Waals surface area (Å²) in [7, 11) is 0. The lowest BCUT2D eigenvalue weighted by Gasteiger charge is -2.33. The smallest absolute Gasteiger partial charge is 0.0866 e. The zero-order valence-corrected chi connectivity index (χ0v) is 11.5. The molecule has 3 rings (SSSR count). The Morgan fingerprint density at radius 1 is 1.05 bits per heavy atom. The molecule has 1 saturated heterocycles.